The quantitative estimate of drug-likeness (QED) is 0.703. The number of hydrogen-bond donors (Lipinski definition) is 3. The number of phenolic OH excluding ortho intramolecular Hbond substituents is 2. The van der Waals surface area contributed by atoms with Crippen molar-refractivity contribution in [2.24, 2.45) is 22.5 Å². The van der Waals surface area contributed by atoms with Gasteiger partial charge in [-0.25, -0.2) is 0 Å². The minimum Gasteiger partial charge on any atom is -0.508 e. The summed E-state index contributed by atoms with van der Waals surface area (Å²) < 4.78 is 0. The number of phenols is 2. The van der Waals surface area contributed by atoms with Crippen LogP contribution < -0.4 is 5.73 Å². The molecule has 4 N–H and O–H groups in total. The molecule has 3 nitrogen and oxygen atoms in total. The summed E-state index contributed by atoms with van der Waals surface area (Å²) in [7, 11) is 0. The predicted molar refractivity (Wildman–Crippen MR) is 98.3 cm³/mol. The fraction of sp³-hybridized carbons (Fsp3) is 0.714. The van der Waals surface area contributed by atoms with Gasteiger partial charge in [-0.2, -0.15) is 0 Å². The monoisotopic (exact) mass is 331 g/mol. The molecule has 4 atom stereocenters. The molecule has 1 aromatic rings. The summed E-state index contributed by atoms with van der Waals surface area (Å²) in [5.74, 6) is 1.01. The third-order valence-corrected chi connectivity index (χ3v) is 7.40. The minimum absolute atomic E-state index is 0.0510. The van der Waals surface area contributed by atoms with Gasteiger partial charge < -0.3 is 15.9 Å². The van der Waals surface area contributed by atoms with Gasteiger partial charge in [0.15, 0.2) is 0 Å². The lowest BCUT2D eigenvalue weighted by molar-refractivity contribution is -0.0669. The molecule has 2 saturated carbocycles. The van der Waals surface area contributed by atoms with Gasteiger partial charge in [-0.15, -0.1) is 0 Å². The van der Waals surface area contributed by atoms with Crippen LogP contribution in [0.25, 0.3) is 0 Å². The Morgan fingerprint density at radius 3 is 2.33 bits per heavy atom. The maximum absolute atomic E-state index is 10.5. The molecule has 1 aromatic carbocycles. The lowest BCUT2D eigenvalue weighted by Gasteiger charge is -2.60. The molecule has 3 heteroatoms. The molecule has 0 bridgehead atoms. The standard InChI is InChI=1S/C21H33NO2/c1-13-10-14(23)11-15(24)18(13)21(5)8-6-16-19(2,3)17(22)7-9-20(16,4)12-21/h10-11,16-17,23-24H,6-9,12,22H2,1-5H3/t16-,17+,20+,21+/m1/s1. The SMILES string of the molecule is Cc1cc(O)cc(O)c1[C@@]1(C)CC[C@@H]2C(C)(C)[C@@H](N)CC[C@@]2(C)C1. The molecule has 0 spiro atoms. The summed E-state index contributed by atoms with van der Waals surface area (Å²) in [4.78, 5) is 0. The van der Waals surface area contributed by atoms with Gasteiger partial charge in [0.2, 0.25) is 0 Å². The molecule has 2 aliphatic rings. The molecule has 0 saturated heterocycles. The zero-order valence-electron chi connectivity index (χ0n) is 15.8. The number of nitrogens with two attached hydrogens (primary N) is 1. The van der Waals surface area contributed by atoms with E-state index < -0.39 is 0 Å². The summed E-state index contributed by atoms with van der Waals surface area (Å²) in [6.07, 6.45) is 5.52. The van der Waals surface area contributed by atoms with Crippen molar-refractivity contribution in [1.82, 2.24) is 0 Å². The fourth-order valence-corrected chi connectivity index (χ4v) is 6.31. The van der Waals surface area contributed by atoms with Crippen LogP contribution in [0.3, 0.4) is 0 Å². The highest BCUT2D eigenvalue weighted by Gasteiger charge is 2.55. The molecule has 24 heavy (non-hydrogen) atoms. The maximum Gasteiger partial charge on any atom is 0.123 e. The first-order valence-electron chi connectivity index (χ1n) is 9.28. The first kappa shape index (κ1) is 17.6. The Labute approximate surface area is 146 Å². The number of aromatic hydroxyl groups is 2. The van der Waals surface area contributed by atoms with E-state index >= 15 is 0 Å². The number of fused-ring (bicyclic) bond motifs is 1. The van der Waals surface area contributed by atoms with Crippen LogP contribution in [0, 0.1) is 23.7 Å². The zero-order valence-corrected chi connectivity index (χ0v) is 15.8. The molecular weight excluding hydrogens is 298 g/mol. The van der Waals surface area contributed by atoms with Gasteiger partial charge in [0, 0.05) is 17.7 Å². The van der Waals surface area contributed by atoms with Crippen molar-refractivity contribution in [3.05, 3.63) is 23.3 Å². The lowest BCUT2D eigenvalue weighted by atomic mass is 9.46. The molecule has 0 amide bonds. The highest BCUT2D eigenvalue weighted by Crippen LogP contribution is 2.62. The van der Waals surface area contributed by atoms with Gasteiger partial charge in [0.05, 0.1) is 0 Å². The van der Waals surface area contributed by atoms with Crippen LogP contribution in [0.4, 0.5) is 0 Å². The molecule has 0 aliphatic heterocycles. The second-order valence-corrected chi connectivity index (χ2v) is 9.61. The second kappa shape index (κ2) is 5.39. The highest BCUT2D eigenvalue weighted by atomic mass is 16.3. The van der Waals surface area contributed by atoms with E-state index in [-0.39, 0.29) is 33.8 Å². The van der Waals surface area contributed by atoms with Crippen molar-refractivity contribution in [2.75, 3.05) is 0 Å². The Kier molecular flexibility index (Phi) is 3.95. The maximum atomic E-state index is 10.5. The van der Waals surface area contributed by atoms with Gasteiger partial charge in [0.25, 0.3) is 0 Å². The number of aryl methyl sites for hydroxylation is 1. The van der Waals surface area contributed by atoms with Crippen LogP contribution in [-0.2, 0) is 5.41 Å². The number of benzene rings is 1. The third kappa shape index (κ3) is 2.52. The molecule has 3 rings (SSSR count). The Hall–Kier alpha value is -1.22. The second-order valence-electron chi connectivity index (χ2n) is 9.61. The summed E-state index contributed by atoms with van der Waals surface area (Å²) in [6, 6.07) is 3.54. The molecule has 2 aliphatic carbocycles. The Balaban J connectivity index is 2.00. The summed E-state index contributed by atoms with van der Waals surface area (Å²) in [5.41, 5.74) is 8.83. The van der Waals surface area contributed by atoms with E-state index in [1.165, 1.54) is 6.07 Å². The molecular formula is C21H33NO2. The van der Waals surface area contributed by atoms with Crippen molar-refractivity contribution < 1.29 is 10.2 Å². The van der Waals surface area contributed by atoms with Gasteiger partial charge in [0.1, 0.15) is 11.5 Å². The third-order valence-electron chi connectivity index (χ3n) is 7.40. The van der Waals surface area contributed by atoms with Gasteiger partial charge >= 0.3 is 0 Å². The van der Waals surface area contributed by atoms with Crippen molar-refractivity contribution in [3.8, 4) is 11.5 Å². The average molecular weight is 332 g/mol. The van der Waals surface area contributed by atoms with Crippen LogP contribution in [0.5, 0.6) is 11.5 Å². The van der Waals surface area contributed by atoms with Gasteiger partial charge in [-0.1, -0.05) is 27.7 Å². The number of hydrogen-bond acceptors (Lipinski definition) is 3. The van der Waals surface area contributed by atoms with Crippen molar-refractivity contribution >= 4 is 0 Å². The smallest absolute Gasteiger partial charge is 0.123 e. The Morgan fingerprint density at radius 1 is 1.04 bits per heavy atom. The summed E-state index contributed by atoms with van der Waals surface area (Å²) in [6.45, 7) is 11.4. The number of rotatable bonds is 1. The van der Waals surface area contributed by atoms with Gasteiger partial charge in [-0.05, 0) is 72.8 Å². The Bertz CT molecular complexity index is 630. The van der Waals surface area contributed by atoms with Crippen molar-refractivity contribution in [3.63, 3.8) is 0 Å². The first-order valence-corrected chi connectivity index (χ1v) is 9.28. The molecule has 0 aromatic heterocycles. The van der Waals surface area contributed by atoms with Crippen LogP contribution in [0.2, 0.25) is 0 Å². The van der Waals surface area contributed by atoms with E-state index in [1.54, 1.807) is 6.07 Å². The van der Waals surface area contributed by atoms with E-state index in [1.807, 2.05) is 6.92 Å². The molecule has 0 radical (unpaired) electrons. The van der Waals surface area contributed by atoms with E-state index in [0.717, 1.165) is 43.2 Å². The van der Waals surface area contributed by atoms with Gasteiger partial charge in [-0.3, -0.25) is 0 Å². The van der Waals surface area contributed by atoms with Crippen LogP contribution in [0.15, 0.2) is 12.1 Å². The van der Waals surface area contributed by atoms with Crippen molar-refractivity contribution in [2.45, 2.75) is 78.2 Å². The normalized spacial score (nSPS) is 38.6. The van der Waals surface area contributed by atoms with E-state index in [4.69, 9.17) is 5.73 Å². The predicted octanol–water partition coefficient (Wildman–Crippen LogP) is 4.62. The molecule has 0 heterocycles. The van der Waals surface area contributed by atoms with E-state index in [2.05, 4.69) is 27.7 Å². The summed E-state index contributed by atoms with van der Waals surface area (Å²) in [5, 5.41) is 20.3. The van der Waals surface area contributed by atoms with E-state index in [9.17, 15) is 10.2 Å². The minimum atomic E-state index is -0.0510. The zero-order chi connectivity index (χ0) is 17.9. The largest absolute Gasteiger partial charge is 0.508 e. The topological polar surface area (TPSA) is 66.5 Å². The van der Waals surface area contributed by atoms with Crippen LogP contribution >= 0.6 is 0 Å². The van der Waals surface area contributed by atoms with Crippen LogP contribution in [-0.4, -0.2) is 16.3 Å². The van der Waals surface area contributed by atoms with Crippen molar-refractivity contribution in [1.29, 1.82) is 0 Å². The fourth-order valence-electron chi connectivity index (χ4n) is 6.31. The average Bonchev–Trinajstić information content (AvgIpc) is 2.41. The van der Waals surface area contributed by atoms with E-state index in [0.29, 0.717) is 5.92 Å². The summed E-state index contributed by atoms with van der Waals surface area (Å²) >= 11 is 0. The highest BCUT2D eigenvalue weighted by molar-refractivity contribution is 5.49. The molecule has 134 valence electrons. The lowest BCUT2D eigenvalue weighted by Crippen LogP contribution is -2.57. The van der Waals surface area contributed by atoms with Crippen LogP contribution in [0.1, 0.15) is 70.9 Å². The molecule has 2 fully saturated rings. The Morgan fingerprint density at radius 2 is 1.71 bits per heavy atom. The molecule has 0 unspecified atom stereocenters. The first-order chi connectivity index (χ1) is 11.0.